The van der Waals surface area contributed by atoms with E-state index in [1.807, 2.05) is 0 Å². The Hall–Kier alpha value is -0.370. The first-order chi connectivity index (χ1) is 8.86. The van der Waals surface area contributed by atoms with E-state index in [-0.39, 0.29) is 21.9 Å². The lowest BCUT2D eigenvalue weighted by molar-refractivity contribution is 0.212. The topological polar surface area (TPSA) is 70.8 Å². The van der Waals surface area contributed by atoms with E-state index >= 15 is 0 Å². The second-order valence-corrected chi connectivity index (χ2v) is 7.74. The largest absolute Gasteiger partial charge is 0.450 e. The van der Waals surface area contributed by atoms with E-state index < -0.39 is 10.0 Å². The molecule has 0 aliphatic carbocycles. The second-order valence-electron chi connectivity index (χ2n) is 5.12. The molecule has 5 nitrogen and oxygen atoms in total. The Bertz CT molecular complexity index is 554. The zero-order valence-electron chi connectivity index (χ0n) is 11.0. The van der Waals surface area contributed by atoms with Crippen molar-refractivity contribution in [2.24, 2.45) is 11.8 Å². The molecule has 19 heavy (non-hydrogen) atoms. The Morgan fingerprint density at radius 2 is 2.16 bits per heavy atom. The molecule has 2 unspecified atom stereocenters. The summed E-state index contributed by atoms with van der Waals surface area (Å²) >= 11 is 3.10. The number of hydrogen-bond donors (Lipinski definition) is 1. The Morgan fingerprint density at radius 3 is 2.68 bits per heavy atom. The number of halogens is 1. The third-order valence-corrected chi connectivity index (χ3v) is 6.50. The van der Waals surface area contributed by atoms with Gasteiger partial charge < -0.3 is 9.52 Å². The predicted molar refractivity (Wildman–Crippen MR) is 74.0 cm³/mol. The molecule has 1 saturated heterocycles. The molecule has 0 radical (unpaired) electrons. The van der Waals surface area contributed by atoms with E-state index in [0.29, 0.717) is 24.9 Å². The fraction of sp³-hybridized carbons (Fsp3) is 0.667. The van der Waals surface area contributed by atoms with Gasteiger partial charge in [0.25, 0.3) is 0 Å². The highest BCUT2D eigenvalue weighted by molar-refractivity contribution is 9.10. The lowest BCUT2D eigenvalue weighted by atomic mass is 9.90. The molecule has 2 atom stereocenters. The second kappa shape index (κ2) is 5.55. The SMILES string of the molecule is CC1CCN(S(=O)(=O)c2cc(CO)oc2Br)CC1C. The lowest BCUT2D eigenvalue weighted by Crippen LogP contribution is -2.42. The van der Waals surface area contributed by atoms with Crippen molar-refractivity contribution in [2.75, 3.05) is 13.1 Å². The van der Waals surface area contributed by atoms with Crippen molar-refractivity contribution in [1.82, 2.24) is 4.31 Å². The van der Waals surface area contributed by atoms with Crippen LogP contribution >= 0.6 is 15.9 Å². The van der Waals surface area contributed by atoms with E-state index in [4.69, 9.17) is 9.52 Å². The van der Waals surface area contributed by atoms with Crippen LogP contribution in [0.2, 0.25) is 0 Å². The van der Waals surface area contributed by atoms with Crippen molar-refractivity contribution in [3.05, 3.63) is 16.5 Å². The summed E-state index contributed by atoms with van der Waals surface area (Å²) in [5, 5.41) is 9.01. The average Bonchev–Trinajstić information content (AvgIpc) is 2.74. The van der Waals surface area contributed by atoms with Gasteiger partial charge in [0.1, 0.15) is 17.3 Å². The summed E-state index contributed by atoms with van der Waals surface area (Å²) in [6.07, 6.45) is 0.864. The summed E-state index contributed by atoms with van der Waals surface area (Å²) in [5.41, 5.74) is 0. The summed E-state index contributed by atoms with van der Waals surface area (Å²) in [6, 6.07) is 1.38. The van der Waals surface area contributed by atoms with Crippen molar-refractivity contribution in [3.63, 3.8) is 0 Å². The molecule has 1 aromatic rings. The van der Waals surface area contributed by atoms with E-state index in [9.17, 15) is 8.42 Å². The molecule has 0 aromatic carbocycles. The van der Waals surface area contributed by atoms with Crippen molar-refractivity contribution < 1.29 is 17.9 Å². The van der Waals surface area contributed by atoms with Crippen LogP contribution in [0, 0.1) is 11.8 Å². The predicted octanol–water partition coefficient (Wildman–Crippen LogP) is 2.20. The number of aliphatic hydroxyl groups excluding tert-OH is 1. The number of aliphatic hydroxyl groups is 1. The average molecular weight is 352 g/mol. The van der Waals surface area contributed by atoms with Gasteiger partial charge in [-0.15, -0.1) is 0 Å². The number of nitrogens with zero attached hydrogens (tertiary/aromatic N) is 1. The zero-order valence-corrected chi connectivity index (χ0v) is 13.4. The Labute approximate surface area is 121 Å². The molecule has 2 heterocycles. The molecule has 1 fully saturated rings. The monoisotopic (exact) mass is 351 g/mol. The normalized spacial score (nSPS) is 25.7. The van der Waals surface area contributed by atoms with Gasteiger partial charge in [0.05, 0.1) is 0 Å². The summed E-state index contributed by atoms with van der Waals surface area (Å²) < 4.78 is 31.9. The summed E-state index contributed by atoms with van der Waals surface area (Å²) in [7, 11) is -3.56. The van der Waals surface area contributed by atoms with Crippen LogP contribution in [0.1, 0.15) is 26.0 Å². The van der Waals surface area contributed by atoms with Gasteiger partial charge in [0, 0.05) is 19.2 Å². The fourth-order valence-electron chi connectivity index (χ4n) is 2.23. The number of hydrogen-bond acceptors (Lipinski definition) is 4. The minimum Gasteiger partial charge on any atom is -0.450 e. The van der Waals surface area contributed by atoms with Crippen LogP contribution in [0.5, 0.6) is 0 Å². The van der Waals surface area contributed by atoms with Crippen LogP contribution in [0.3, 0.4) is 0 Å². The molecule has 1 N–H and O–H groups in total. The first-order valence-corrected chi connectivity index (χ1v) is 8.48. The number of sulfonamides is 1. The van der Waals surface area contributed by atoms with Gasteiger partial charge in [-0.05, 0) is 34.2 Å². The Kier molecular flexibility index (Phi) is 4.39. The maximum absolute atomic E-state index is 12.5. The van der Waals surface area contributed by atoms with Crippen LogP contribution in [0.4, 0.5) is 0 Å². The minimum atomic E-state index is -3.56. The van der Waals surface area contributed by atoms with Crippen molar-refractivity contribution in [1.29, 1.82) is 0 Å². The first-order valence-electron chi connectivity index (χ1n) is 6.25. The fourth-order valence-corrected chi connectivity index (χ4v) is 4.75. The lowest BCUT2D eigenvalue weighted by Gasteiger charge is -2.34. The van der Waals surface area contributed by atoms with Gasteiger partial charge in [-0.2, -0.15) is 4.31 Å². The molecule has 2 rings (SSSR count). The van der Waals surface area contributed by atoms with E-state index in [0.717, 1.165) is 6.42 Å². The standard InChI is InChI=1S/C12H18BrNO4S/c1-8-3-4-14(6-9(8)2)19(16,17)11-5-10(7-15)18-12(11)13/h5,8-9,15H,3-4,6-7H2,1-2H3. The highest BCUT2D eigenvalue weighted by atomic mass is 79.9. The third-order valence-electron chi connectivity index (χ3n) is 3.78. The maximum atomic E-state index is 12.5. The van der Waals surface area contributed by atoms with Crippen LogP contribution < -0.4 is 0 Å². The van der Waals surface area contributed by atoms with Crippen LogP contribution in [-0.2, 0) is 16.6 Å². The molecular formula is C12H18BrNO4S. The molecule has 0 spiro atoms. The van der Waals surface area contributed by atoms with Crippen molar-refractivity contribution in [3.8, 4) is 0 Å². The summed E-state index contributed by atoms with van der Waals surface area (Å²) in [5.74, 6) is 1.11. The highest BCUT2D eigenvalue weighted by Gasteiger charge is 2.34. The van der Waals surface area contributed by atoms with Gasteiger partial charge >= 0.3 is 0 Å². The van der Waals surface area contributed by atoms with E-state index in [1.165, 1.54) is 10.4 Å². The zero-order chi connectivity index (χ0) is 14.2. The van der Waals surface area contributed by atoms with Crippen molar-refractivity contribution >= 4 is 26.0 Å². The molecular weight excluding hydrogens is 334 g/mol. The van der Waals surface area contributed by atoms with Gasteiger partial charge in [-0.25, -0.2) is 8.42 Å². The highest BCUT2D eigenvalue weighted by Crippen LogP contribution is 2.32. The van der Waals surface area contributed by atoms with E-state index in [1.54, 1.807) is 0 Å². The Morgan fingerprint density at radius 1 is 1.47 bits per heavy atom. The van der Waals surface area contributed by atoms with Crippen LogP contribution in [0.25, 0.3) is 0 Å². The molecule has 1 aliphatic heterocycles. The van der Waals surface area contributed by atoms with Gasteiger partial charge in [0.15, 0.2) is 4.67 Å². The minimum absolute atomic E-state index is 0.0957. The quantitative estimate of drug-likeness (QED) is 0.905. The molecule has 108 valence electrons. The molecule has 0 saturated carbocycles. The molecule has 1 aromatic heterocycles. The van der Waals surface area contributed by atoms with Gasteiger partial charge in [0.2, 0.25) is 10.0 Å². The third kappa shape index (κ3) is 2.89. The van der Waals surface area contributed by atoms with Crippen LogP contribution in [0.15, 0.2) is 20.0 Å². The van der Waals surface area contributed by atoms with E-state index in [2.05, 4.69) is 29.8 Å². The van der Waals surface area contributed by atoms with Gasteiger partial charge in [-0.3, -0.25) is 0 Å². The Balaban J connectivity index is 2.29. The van der Waals surface area contributed by atoms with Gasteiger partial charge in [-0.1, -0.05) is 13.8 Å². The first kappa shape index (κ1) is 15.0. The molecule has 1 aliphatic rings. The number of piperidine rings is 1. The van der Waals surface area contributed by atoms with Crippen LogP contribution in [-0.4, -0.2) is 30.9 Å². The summed E-state index contributed by atoms with van der Waals surface area (Å²) in [6.45, 7) is 4.94. The van der Waals surface area contributed by atoms with Crippen molar-refractivity contribution in [2.45, 2.75) is 31.8 Å². The smallest absolute Gasteiger partial charge is 0.247 e. The molecule has 0 amide bonds. The maximum Gasteiger partial charge on any atom is 0.247 e. The number of furan rings is 1. The molecule has 0 bridgehead atoms. The number of rotatable bonds is 3. The molecule has 7 heteroatoms. The summed E-state index contributed by atoms with van der Waals surface area (Å²) in [4.78, 5) is 0.0957.